The minimum Gasteiger partial charge on any atom is -0.445 e. The molecule has 5 N–H and O–H groups in total. The number of ether oxygens (including phenoxy) is 2. The fourth-order valence-corrected chi connectivity index (χ4v) is 8.51. The van der Waals surface area contributed by atoms with Crippen molar-refractivity contribution in [2.24, 2.45) is 17.8 Å². The summed E-state index contributed by atoms with van der Waals surface area (Å²) in [5.41, 5.74) is -0.115. The van der Waals surface area contributed by atoms with Crippen molar-refractivity contribution in [3.05, 3.63) is 83.9 Å². The molecule has 2 aromatic rings. The molecule has 14 nitrogen and oxygen atoms in total. The lowest BCUT2D eigenvalue weighted by atomic mass is 9.78. The minimum absolute atomic E-state index is 0.111. The maximum Gasteiger partial charge on any atom is 0.408 e. The van der Waals surface area contributed by atoms with Crippen LogP contribution in [0.3, 0.4) is 0 Å². The first-order valence-electron chi connectivity index (χ1n) is 22.2. The Morgan fingerprint density at radius 3 is 2.05 bits per heavy atom. The van der Waals surface area contributed by atoms with Gasteiger partial charge in [-0.2, -0.15) is 5.06 Å². The van der Waals surface area contributed by atoms with Crippen LogP contribution in [-0.2, 0) is 36.9 Å². The number of hydrogen-bond acceptors (Lipinski definition) is 9. The largest absolute Gasteiger partial charge is 0.445 e. The molecule has 2 heterocycles. The van der Waals surface area contributed by atoms with Gasteiger partial charge in [0.1, 0.15) is 24.3 Å². The molecule has 0 bridgehead atoms. The highest BCUT2D eigenvalue weighted by molar-refractivity contribution is 6.00. The second-order valence-electron chi connectivity index (χ2n) is 19.5. The predicted molar refractivity (Wildman–Crippen MR) is 239 cm³/mol. The van der Waals surface area contributed by atoms with Crippen LogP contribution in [0.15, 0.2) is 72.8 Å². The fourth-order valence-electron chi connectivity index (χ4n) is 8.51. The summed E-state index contributed by atoms with van der Waals surface area (Å²) in [7, 11) is 0. The quantitative estimate of drug-likeness (QED) is 0.0587. The Hall–Kier alpha value is -4.95. The molecular formula is C48H72N6O8. The summed E-state index contributed by atoms with van der Waals surface area (Å²) in [6.07, 6.45) is 5.51. The van der Waals surface area contributed by atoms with Crippen molar-refractivity contribution < 1.29 is 38.7 Å². The third-order valence-corrected chi connectivity index (χ3v) is 11.2. The molecule has 14 heteroatoms. The summed E-state index contributed by atoms with van der Waals surface area (Å²) in [5.74, 6) is -2.62. The van der Waals surface area contributed by atoms with Gasteiger partial charge in [-0.15, -0.1) is 0 Å². The Balaban J connectivity index is 1.51. The summed E-state index contributed by atoms with van der Waals surface area (Å²) >= 11 is 0. The van der Waals surface area contributed by atoms with E-state index in [1.54, 1.807) is 25.7 Å². The fraction of sp³-hybridized carbons (Fsp3) is 0.604. The molecule has 2 saturated heterocycles. The highest BCUT2D eigenvalue weighted by Gasteiger charge is 2.46. The summed E-state index contributed by atoms with van der Waals surface area (Å²) in [6.45, 7) is 17.9. The van der Waals surface area contributed by atoms with E-state index in [1.165, 1.54) is 5.06 Å². The zero-order valence-corrected chi connectivity index (χ0v) is 38.4. The Morgan fingerprint density at radius 2 is 1.45 bits per heavy atom. The number of piperidine rings is 1. The van der Waals surface area contributed by atoms with Gasteiger partial charge in [0.05, 0.1) is 12.0 Å². The molecule has 5 amide bonds. The molecule has 2 aliphatic heterocycles. The number of hydrogen-bond donors (Lipinski definition) is 5. The summed E-state index contributed by atoms with van der Waals surface area (Å²) < 4.78 is 10.9. The van der Waals surface area contributed by atoms with Gasteiger partial charge in [0, 0.05) is 30.2 Å². The number of carbonyl (C=O) groups is 5. The van der Waals surface area contributed by atoms with Gasteiger partial charge in [0.25, 0.3) is 0 Å². The van der Waals surface area contributed by atoms with E-state index in [4.69, 9.17) is 9.47 Å². The van der Waals surface area contributed by atoms with Gasteiger partial charge in [0.2, 0.25) is 17.7 Å². The van der Waals surface area contributed by atoms with Crippen molar-refractivity contribution in [3.8, 4) is 0 Å². The summed E-state index contributed by atoms with van der Waals surface area (Å²) in [4.78, 5) is 70.0. The minimum atomic E-state index is -1.12. The molecule has 0 aromatic heterocycles. The van der Waals surface area contributed by atoms with Gasteiger partial charge in [-0.25, -0.2) is 9.59 Å². The normalized spacial score (nSPS) is 19.3. The molecule has 62 heavy (non-hydrogen) atoms. The molecule has 2 aliphatic rings. The second kappa shape index (κ2) is 22.4. The Kier molecular flexibility index (Phi) is 18.0. The van der Waals surface area contributed by atoms with Crippen LogP contribution in [0.4, 0.5) is 9.59 Å². The number of nitrogens with one attached hydrogen (secondary N) is 4. The van der Waals surface area contributed by atoms with Crippen molar-refractivity contribution in [1.29, 1.82) is 0 Å². The first-order chi connectivity index (χ1) is 29.1. The molecule has 342 valence electrons. The maximum atomic E-state index is 14.6. The van der Waals surface area contributed by atoms with Gasteiger partial charge >= 0.3 is 12.2 Å². The van der Waals surface area contributed by atoms with Crippen LogP contribution >= 0.6 is 0 Å². The van der Waals surface area contributed by atoms with Crippen molar-refractivity contribution in [2.45, 2.75) is 155 Å². The van der Waals surface area contributed by atoms with Crippen LogP contribution in [0.25, 0.3) is 0 Å². The zero-order valence-electron chi connectivity index (χ0n) is 38.4. The molecule has 4 rings (SSSR count). The molecule has 0 radical (unpaired) electrons. The van der Waals surface area contributed by atoms with Gasteiger partial charge in [-0.1, -0.05) is 86.7 Å². The van der Waals surface area contributed by atoms with Crippen LogP contribution in [-0.4, -0.2) is 93.1 Å². The van der Waals surface area contributed by atoms with E-state index < -0.39 is 58.7 Å². The van der Waals surface area contributed by atoms with Crippen LogP contribution in [0.2, 0.25) is 0 Å². The van der Waals surface area contributed by atoms with Gasteiger partial charge in [-0.3, -0.25) is 14.4 Å². The van der Waals surface area contributed by atoms with E-state index in [0.29, 0.717) is 51.5 Å². The van der Waals surface area contributed by atoms with E-state index in [0.717, 1.165) is 11.1 Å². The number of rotatable bonds is 18. The maximum absolute atomic E-state index is 14.6. The third-order valence-electron chi connectivity index (χ3n) is 11.2. The summed E-state index contributed by atoms with van der Waals surface area (Å²) in [6, 6.07) is 18.3. The average molecular weight is 861 g/mol. The lowest BCUT2D eigenvalue weighted by molar-refractivity contribution is -0.246. The second-order valence-corrected chi connectivity index (χ2v) is 19.5. The van der Waals surface area contributed by atoms with Crippen LogP contribution in [0, 0.1) is 17.8 Å². The molecule has 2 fully saturated rings. The molecular weight excluding hydrogens is 789 g/mol. The van der Waals surface area contributed by atoms with Gasteiger partial charge in [-0.05, 0) is 117 Å². The molecule has 0 saturated carbocycles. The lowest BCUT2D eigenvalue weighted by Crippen LogP contribution is -2.63. The number of benzene rings is 2. The Morgan fingerprint density at radius 1 is 0.855 bits per heavy atom. The van der Waals surface area contributed by atoms with Crippen molar-refractivity contribution in [3.63, 3.8) is 0 Å². The van der Waals surface area contributed by atoms with Crippen LogP contribution in [0.5, 0.6) is 0 Å². The number of likely N-dealkylation sites (tertiary alicyclic amines) is 1. The van der Waals surface area contributed by atoms with E-state index in [1.807, 2.05) is 101 Å². The number of alkyl carbamates (subject to hydrolysis) is 2. The van der Waals surface area contributed by atoms with Gasteiger partial charge in [0.15, 0.2) is 0 Å². The first-order valence-corrected chi connectivity index (χ1v) is 22.2. The van der Waals surface area contributed by atoms with Gasteiger partial charge < -0.3 is 40.8 Å². The molecule has 0 spiro atoms. The highest BCUT2D eigenvalue weighted by atomic mass is 16.6. The molecule has 0 unspecified atom stereocenters. The number of nitrogens with zero attached hydrogens (tertiary/aromatic N) is 2. The molecule has 2 aromatic carbocycles. The van der Waals surface area contributed by atoms with Crippen molar-refractivity contribution in [1.82, 2.24) is 31.2 Å². The number of amides is 5. The number of hydroxylamine groups is 2. The van der Waals surface area contributed by atoms with E-state index in [-0.39, 0.29) is 43.5 Å². The van der Waals surface area contributed by atoms with E-state index >= 15 is 0 Å². The zero-order chi connectivity index (χ0) is 45.7. The molecule has 0 aliphatic carbocycles. The van der Waals surface area contributed by atoms with Crippen LogP contribution in [0.1, 0.15) is 118 Å². The van der Waals surface area contributed by atoms with Crippen molar-refractivity contribution in [2.75, 3.05) is 13.1 Å². The smallest absolute Gasteiger partial charge is 0.408 e. The Bertz CT molecular complexity index is 1790. The van der Waals surface area contributed by atoms with Crippen molar-refractivity contribution >= 4 is 29.9 Å². The topological polar surface area (TPSA) is 179 Å². The third kappa shape index (κ3) is 15.7. The van der Waals surface area contributed by atoms with E-state index in [2.05, 4.69) is 35.1 Å². The number of carbonyl (C=O) groups excluding carboxylic acids is 5. The predicted octanol–water partition coefficient (Wildman–Crippen LogP) is 7.26. The molecule has 4 atom stereocenters. The average Bonchev–Trinajstić information content (AvgIpc) is 3.64. The van der Waals surface area contributed by atoms with E-state index in [9.17, 15) is 29.2 Å². The monoisotopic (exact) mass is 861 g/mol. The first kappa shape index (κ1) is 49.7. The SMILES string of the molecule is CC(C)C[C@@H](/C=C/[C@H](Cc1ccccc1)C(=O)N1CCC[C@@H]1NC(=O)[C@@H](CCCNC(=O)OCc1ccccc1)C(=O)NC1CC(C)(C)N(O)C(C)(C)C1)NC(=O)OC(C)(C)C. The standard InChI is InChI=1S/C48H72N6O8/c1-33(2)28-37(51-45(59)62-46(3,4)5)25-24-36(29-34-18-12-10-13-19-34)43(57)53-27-17-23-40(53)52-42(56)39(22-16-26-49-44(58)61-32-35-20-14-11-15-21-35)41(55)50-38-30-47(6,7)54(60)48(8,9)31-38/h10-15,18-21,24-25,33,36-40,60H,16-17,22-23,26-32H2,1-9H3,(H,49,58)(H,50,55)(H,51,59)(H,52,56)/b25-24+/t36-,37-,39+,40-/m1/s1. The summed E-state index contributed by atoms with van der Waals surface area (Å²) in [5, 5.41) is 24.1. The Labute approximate surface area is 368 Å². The van der Waals surface area contributed by atoms with Crippen LogP contribution < -0.4 is 21.3 Å². The highest BCUT2D eigenvalue weighted by Crippen LogP contribution is 2.37. The lowest BCUT2D eigenvalue weighted by Gasteiger charge is -2.51.